The van der Waals surface area contributed by atoms with E-state index in [1.54, 1.807) is 0 Å². The lowest BCUT2D eigenvalue weighted by Gasteiger charge is -2.36. The van der Waals surface area contributed by atoms with Crippen LogP contribution >= 0.6 is 11.8 Å². The van der Waals surface area contributed by atoms with Crippen LogP contribution in [0.15, 0.2) is 17.0 Å². The van der Waals surface area contributed by atoms with Crippen molar-refractivity contribution in [1.29, 1.82) is 0 Å². The van der Waals surface area contributed by atoms with Gasteiger partial charge in [0.2, 0.25) is 5.36 Å². The minimum Gasteiger partial charge on any atom is -0.545 e. The number of thioether (sulfide) groups is 1. The molecule has 0 atom stereocenters. The Morgan fingerprint density at radius 1 is 0.872 bits per heavy atom. The Morgan fingerprint density at radius 2 is 1.57 bits per heavy atom. The van der Waals surface area contributed by atoms with Gasteiger partial charge in [0.05, 0.1) is 16.4 Å². The van der Waals surface area contributed by atoms with Crippen molar-refractivity contribution in [2.75, 3.05) is 37.3 Å². The quantitative estimate of drug-likeness (QED) is 0.187. The van der Waals surface area contributed by atoms with E-state index in [4.69, 9.17) is 14.3 Å². The highest BCUT2D eigenvalue weighted by molar-refractivity contribution is 7.98. The van der Waals surface area contributed by atoms with Crippen LogP contribution in [0.4, 0.5) is 18.9 Å². The Balaban J connectivity index is 0.00000113. The SMILES string of the molecule is CSc1c(F)c(F)c(C(=O)[O-])c(C2=c3cc4c5c(c3Oc3c2cc2c6c3CCCN6CCCC2)CCC[N+]=5CCCC4)c1F.O=C=O. The number of hydrogen-bond acceptors (Lipinski definition) is 7. The maximum Gasteiger partial charge on any atom is 0.373 e. The number of carboxylic acid groups (broad SMARTS) is 1. The Morgan fingerprint density at radius 3 is 2.34 bits per heavy atom. The molecule has 0 saturated carbocycles. The summed E-state index contributed by atoms with van der Waals surface area (Å²) < 4.78 is 56.8. The molecule has 244 valence electrons. The number of benzene rings is 3. The van der Waals surface area contributed by atoms with Crippen LogP contribution < -0.4 is 29.9 Å². The third-order valence-electron chi connectivity index (χ3n) is 10.1. The first-order chi connectivity index (χ1) is 22.8. The topological polar surface area (TPSA) is 89.8 Å². The van der Waals surface area contributed by atoms with Crippen molar-refractivity contribution >= 4 is 35.1 Å². The summed E-state index contributed by atoms with van der Waals surface area (Å²) >= 11 is 0.722. The Kier molecular flexibility index (Phi) is 8.39. The van der Waals surface area contributed by atoms with Crippen molar-refractivity contribution in [3.63, 3.8) is 0 Å². The molecule has 3 aromatic rings. The molecular formula is C36H33F3N2O5S. The van der Waals surface area contributed by atoms with Gasteiger partial charge in [0, 0.05) is 70.2 Å². The molecule has 0 N–H and O–H groups in total. The highest BCUT2D eigenvalue weighted by atomic mass is 32.2. The molecule has 47 heavy (non-hydrogen) atoms. The minimum absolute atomic E-state index is 0.250. The summed E-state index contributed by atoms with van der Waals surface area (Å²) in [4.78, 5) is 30.7. The fourth-order valence-corrected chi connectivity index (χ4v) is 8.89. The number of hydrogen-bond donors (Lipinski definition) is 0. The third-order valence-corrected chi connectivity index (χ3v) is 10.9. The molecule has 11 heteroatoms. The van der Waals surface area contributed by atoms with E-state index in [2.05, 4.69) is 9.48 Å². The molecule has 5 aliphatic heterocycles. The monoisotopic (exact) mass is 662 g/mol. The van der Waals surface area contributed by atoms with Crippen LogP contribution in [0.5, 0.6) is 11.5 Å². The Bertz CT molecular complexity index is 2020. The van der Waals surface area contributed by atoms with E-state index in [1.807, 2.05) is 12.1 Å². The number of fused-ring (bicyclic) bond motifs is 4. The van der Waals surface area contributed by atoms with Crippen molar-refractivity contribution in [2.45, 2.75) is 69.1 Å². The average molecular weight is 663 g/mol. The summed E-state index contributed by atoms with van der Waals surface area (Å²) in [6.45, 7) is 3.79. The van der Waals surface area contributed by atoms with Crippen LogP contribution in [0.3, 0.4) is 0 Å². The molecule has 0 fully saturated rings. The van der Waals surface area contributed by atoms with Gasteiger partial charge in [-0.15, -0.1) is 11.8 Å². The number of aromatic carboxylic acids is 1. The second-order valence-corrected chi connectivity index (χ2v) is 13.5. The third kappa shape index (κ3) is 4.97. The van der Waals surface area contributed by atoms with E-state index in [0.717, 1.165) is 135 Å². The zero-order valence-corrected chi connectivity index (χ0v) is 26.8. The van der Waals surface area contributed by atoms with E-state index in [1.165, 1.54) is 6.26 Å². The smallest absolute Gasteiger partial charge is 0.373 e. The van der Waals surface area contributed by atoms with Crippen molar-refractivity contribution < 1.29 is 37.4 Å². The lowest BCUT2D eigenvalue weighted by Crippen LogP contribution is -2.41. The number of nitrogens with zero attached hydrogens (tertiary/aromatic N) is 2. The first-order valence-corrected chi connectivity index (χ1v) is 17.4. The minimum atomic E-state index is -1.95. The summed E-state index contributed by atoms with van der Waals surface area (Å²) in [6.07, 6.45) is 10.8. The van der Waals surface area contributed by atoms with Crippen molar-refractivity contribution in [3.8, 4) is 11.5 Å². The molecular weight excluding hydrogens is 629 g/mol. The van der Waals surface area contributed by atoms with Gasteiger partial charge in [0.25, 0.3) is 0 Å². The van der Waals surface area contributed by atoms with Gasteiger partial charge in [-0.05, 0) is 75.3 Å². The predicted molar refractivity (Wildman–Crippen MR) is 167 cm³/mol. The van der Waals surface area contributed by atoms with E-state index in [0.29, 0.717) is 22.3 Å². The number of carbonyl (C=O) groups is 1. The molecule has 0 radical (unpaired) electrons. The summed E-state index contributed by atoms with van der Waals surface area (Å²) in [5.41, 5.74) is 4.70. The van der Waals surface area contributed by atoms with Crippen LogP contribution in [-0.2, 0) is 35.3 Å². The Hall–Kier alpha value is -4.08. The molecule has 5 aliphatic rings. The number of carboxylic acids is 1. The average Bonchev–Trinajstić information content (AvgIpc) is 3.40. The number of aryl methyl sites for hydroxylation is 2. The predicted octanol–water partition coefficient (Wildman–Crippen LogP) is 3.82. The molecule has 5 heterocycles. The summed E-state index contributed by atoms with van der Waals surface area (Å²) in [5, 5.41) is 14.3. The van der Waals surface area contributed by atoms with Crippen molar-refractivity contribution in [1.82, 2.24) is 4.58 Å². The standard InChI is InChI=1S/C35H33F3N2O3S.CO2/c1-44-34-28(37)25(26(35(41)42)27(36)29(34)38)24-22-16-18-8-2-4-12-39-14-6-10-20(30(18)39)32(22)43-33-21-11-7-15-40-13-5-3-9-19(31(21)40)17-23(24)33;2-1-3/h16-17H,2-15H2,1H3;. The van der Waals surface area contributed by atoms with E-state index >= 15 is 13.2 Å². The molecule has 8 rings (SSSR count). The first-order valence-electron chi connectivity index (χ1n) is 16.2. The molecule has 0 aliphatic carbocycles. The lowest BCUT2D eigenvalue weighted by molar-refractivity contribution is -0.255. The van der Waals surface area contributed by atoms with E-state index < -0.39 is 39.4 Å². The highest BCUT2D eigenvalue weighted by Gasteiger charge is 2.38. The molecule has 0 unspecified atom stereocenters. The second-order valence-electron chi connectivity index (χ2n) is 12.6. The van der Waals surface area contributed by atoms with Crippen molar-refractivity contribution in [2.24, 2.45) is 0 Å². The molecule has 0 spiro atoms. The maximum atomic E-state index is 16.6. The summed E-state index contributed by atoms with van der Waals surface area (Å²) in [6, 6.07) is 4.00. The van der Waals surface area contributed by atoms with Gasteiger partial charge in [-0.2, -0.15) is 9.59 Å². The zero-order chi connectivity index (χ0) is 33.0. The molecule has 0 amide bonds. The normalized spacial score (nSPS) is 17.4. The van der Waals surface area contributed by atoms with Crippen LogP contribution in [0.25, 0.3) is 5.57 Å². The van der Waals surface area contributed by atoms with Gasteiger partial charge >= 0.3 is 6.15 Å². The molecule has 0 aromatic heterocycles. The Labute approximate surface area is 273 Å². The summed E-state index contributed by atoms with van der Waals surface area (Å²) in [5.74, 6) is -4.98. The van der Waals surface area contributed by atoms with Crippen LogP contribution in [0, 0.1) is 17.5 Å². The fraction of sp³-hybridized carbons (Fsp3) is 0.417. The van der Waals surface area contributed by atoms with Gasteiger partial charge in [-0.1, -0.05) is 0 Å². The second kappa shape index (κ2) is 12.5. The molecule has 3 aromatic carbocycles. The van der Waals surface area contributed by atoms with E-state index in [9.17, 15) is 9.90 Å². The van der Waals surface area contributed by atoms with Gasteiger partial charge in [0.1, 0.15) is 30.4 Å². The molecule has 0 bridgehead atoms. The van der Waals surface area contributed by atoms with Gasteiger partial charge < -0.3 is 19.5 Å². The van der Waals surface area contributed by atoms with Crippen LogP contribution in [0.2, 0.25) is 0 Å². The number of anilines is 1. The van der Waals surface area contributed by atoms with Crippen molar-refractivity contribution in [3.05, 3.63) is 79.1 Å². The first kappa shape index (κ1) is 31.5. The molecule has 0 saturated heterocycles. The fourth-order valence-electron chi connectivity index (χ4n) is 8.34. The maximum absolute atomic E-state index is 16.6. The van der Waals surface area contributed by atoms with Crippen LogP contribution in [-0.4, -0.2) is 44.6 Å². The summed E-state index contributed by atoms with van der Waals surface area (Å²) in [7, 11) is 0. The number of ether oxygens (including phenoxy) is 1. The van der Waals surface area contributed by atoms with Crippen LogP contribution in [0.1, 0.15) is 82.3 Å². The van der Waals surface area contributed by atoms with Gasteiger partial charge in [-0.3, -0.25) is 0 Å². The lowest BCUT2D eigenvalue weighted by atomic mass is 9.82. The number of halogens is 3. The largest absolute Gasteiger partial charge is 0.545 e. The van der Waals surface area contributed by atoms with Gasteiger partial charge in [-0.25, -0.2) is 17.7 Å². The highest BCUT2D eigenvalue weighted by Crippen LogP contribution is 2.49. The zero-order valence-electron chi connectivity index (χ0n) is 26.0. The van der Waals surface area contributed by atoms with E-state index in [-0.39, 0.29) is 11.7 Å². The molecule has 7 nitrogen and oxygen atoms in total. The number of carbonyl (C=O) groups excluding carboxylic acids is 3. The van der Waals surface area contributed by atoms with Gasteiger partial charge in [0.15, 0.2) is 11.6 Å². The number of rotatable bonds is 3.